The van der Waals surface area contributed by atoms with Gasteiger partial charge < -0.3 is 25.3 Å². The van der Waals surface area contributed by atoms with Crippen molar-refractivity contribution in [2.45, 2.75) is 39.3 Å². The molecule has 0 amide bonds. The van der Waals surface area contributed by atoms with E-state index in [9.17, 15) is 0 Å². The van der Waals surface area contributed by atoms with Crippen molar-refractivity contribution in [3.63, 3.8) is 0 Å². The number of nitrogens with two attached hydrogens (primary N) is 1. The van der Waals surface area contributed by atoms with E-state index in [0.29, 0.717) is 31.0 Å². The lowest BCUT2D eigenvalue weighted by molar-refractivity contribution is -0.0975. The molecule has 3 rings (SSSR count). The van der Waals surface area contributed by atoms with Crippen LogP contribution in [0.2, 0.25) is 0 Å². The fraction of sp³-hybridized carbons (Fsp3) is 0.625. The largest absolute Gasteiger partial charge is 0.486 e. The van der Waals surface area contributed by atoms with Gasteiger partial charge in [-0.25, -0.2) is 0 Å². The monoisotopic (exact) mass is 292 g/mol. The Morgan fingerprint density at radius 1 is 1.29 bits per heavy atom. The third kappa shape index (κ3) is 2.50. The second kappa shape index (κ2) is 5.30. The van der Waals surface area contributed by atoms with Crippen LogP contribution in [-0.2, 0) is 4.74 Å². The van der Waals surface area contributed by atoms with Crippen molar-refractivity contribution in [1.29, 1.82) is 0 Å². The molecule has 1 aliphatic carbocycles. The van der Waals surface area contributed by atoms with Gasteiger partial charge in [0, 0.05) is 30.2 Å². The Morgan fingerprint density at radius 2 is 1.95 bits per heavy atom. The molecule has 1 aromatic carbocycles. The Morgan fingerprint density at radius 3 is 2.57 bits per heavy atom. The van der Waals surface area contributed by atoms with Gasteiger partial charge in [-0.15, -0.1) is 0 Å². The molecular formula is C16H24N2O3. The molecule has 0 bridgehead atoms. The van der Waals surface area contributed by atoms with E-state index < -0.39 is 0 Å². The number of nitrogens with one attached hydrogen (secondary N) is 1. The molecule has 0 spiro atoms. The summed E-state index contributed by atoms with van der Waals surface area (Å²) in [5.41, 5.74) is 7.82. The first-order valence-electron chi connectivity index (χ1n) is 7.59. The maximum atomic E-state index is 6.12. The first kappa shape index (κ1) is 14.3. The summed E-state index contributed by atoms with van der Waals surface area (Å²) in [5, 5.41) is 3.53. The zero-order valence-corrected chi connectivity index (χ0v) is 12.9. The number of benzene rings is 1. The van der Waals surface area contributed by atoms with Crippen LogP contribution in [0.15, 0.2) is 12.1 Å². The fourth-order valence-corrected chi connectivity index (χ4v) is 3.03. The molecule has 5 heteroatoms. The van der Waals surface area contributed by atoms with Gasteiger partial charge in [0.1, 0.15) is 13.2 Å². The van der Waals surface area contributed by atoms with Gasteiger partial charge in [-0.3, -0.25) is 0 Å². The van der Waals surface area contributed by atoms with Gasteiger partial charge in [0.15, 0.2) is 11.5 Å². The van der Waals surface area contributed by atoms with E-state index in [0.717, 1.165) is 30.2 Å². The van der Waals surface area contributed by atoms with Crippen LogP contribution >= 0.6 is 0 Å². The van der Waals surface area contributed by atoms with E-state index in [1.165, 1.54) is 0 Å². The zero-order chi connectivity index (χ0) is 15.0. The van der Waals surface area contributed by atoms with Crippen LogP contribution in [0.3, 0.4) is 0 Å². The summed E-state index contributed by atoms with van der Waals surface area (Å²) in [6.45, 7) is 8.40. The van der Waals surface area contributed by atoms with Crippen LogP contribution in [0.4, 0.5) is 11.4 Å². The molecule has 21 heavy (non-hydrogen) atoms. The van der Waals surface area contributed by atoms with E-state index in [2.05, 4.69) is 19.2 Å². The molecule has 1 heterocycles. The number of fused-ring (bicyclic) bond motifs is 1. The zero-order valence-electron chi connectivity index (χ0n) is 12.9. The van der Waals surface area contributed by atoms with Crippen LogP contribution in [0.1, 0.15) is 27.2 Å². The molecule has 2 atom stereocenters. The maximum absolute atomic E-state index is 6.12. The lowest BCUT2D eigenvalue weighted by atomic mass is 9.64. The topological polar surface area (TPSA) is 65.7 Å². The number of hydrogen-bond acceptors (Lipinski definition) is 5. The molecule has 1 aliphatic heterocycles. The van der Waals surface area contributed by atoms with Crippen LogP contribution in [0, 0.1) is 5.41 Å². The van der Waals surface area contributed by atoms with Crippen LogP contribution < -0.4 is 20.5 Å². The third-order valence-corrected chi connectivity index (χ3v) is 4.59. The molecule has 0 aromatic heterocycles. The Bertz CT molecular complexity index is 530. The molecule has 116 valence electrons. The summed E-state index contributed by atoms with van der Waals surface area (Å²) in [6.07, 6.45) is 1.30. The van der Waals surface area contributed by atoms with E-state index in [1.807, 2.05) is 19.1 Å². The Balaban J connectivity index is 1.74. The minimum atomic E-state index is 0.0930. The minimum absolute atomic E-state index is 0.0930. The highest BCUT2D eigenvalue weighted by Gasteiger charge is 2.49. The Labute approximate surface area is 125 Å². The summed E-state index contributed by atoms with van der Waals surface area (Å²) in [5.74, 6) is 1.49. The molecule has 0 radical (unpaired) electrons. The van der Waals surface area contributed by atoms with E-state index in [-0.39, 0.29) is 5.41 Å². The normalized spacial score (nSPS) is 26.0. The highest BCUT2D eigenvalue weighted by molar-refractivity contribution is 5.72. The number of ether oxygens (including phenoxy) is 3. The quantitative estimate of drug-likeness (QED) is 0.835. The van der Waals surface area contributed by atoms with E-state index in [4.69, 9.17) is 19.9 Å². The van der Waals surface area contributed by atoms with Gasteiger partial charge in [0.25, 0.3) is 0 Å². The Kier molecular flexibility index (Phi) is 3.61. The lowest BCUT2D eigenvalue weighted by Crippen LogP contribution is -2.58. The van der Waals surface area contributed by atoms with Crippen LogP contribution in [0.25, 0.3) is 0 Å². The van der Waals surface area contributed by atoms with E-state index in [1.54, 1.807) is 0 Å². The van der Waals surface area contributed by atoms with Crippen molar-refractivity contribution in [1.82, 2.24) is 0 Å². The van der Waals surface area contributed by atoms with Crippen molar-refractivity contribution in [2.75, 3.05) is 30.9 Å². The smallest absolute Gasteiger partial charge is 0.163 e. The standard InChI is InChI=1S/C16H24N2O3/c1-4-19-15-9-14(16(15,2)3)18-11-8-13-12(7-10(11)17)20-5-6-21-13/h7-8,14-15,18H,4-6,9,17H2,1-3H3. The van der Waals surface area contributed by atoms with Gasteiger partial charge >= 0.3 is 0 Å². The molecule has 1 fully saturated rings. The molecular weight excluding hydrogens is 268 g/mol. The molecule has 2 aliphatic rings. The Hall–Kier alpha value is -1.62. The van der Waals surface area contributed by atoms with Crippen LogP contribution in [0.5, 0.6) is 11.5 Å². The van der Waals surface area contributed by atoms with E-state index >= 15 is 0 Å². The number of hydrogen-bond donors (Lipinski definition) is 2. The molecule has 3 N–H and O–H groups in total. The molecule has 1 saturated carbocycles. The van der Waals surface area contributed by atoms with Crippen molar-refractivity contribution in [3.8, 4) is 11.5 Å². The van der Waals surface area contributed by atoms with Crippen LogP contribution in [-0.4, -0.2) is 32.0 Å². The predicted molar refractivity (Wildman–Crippen MR) is 83.1 cm³/mol. The fourth-order valence-electron chi connectivity index (χ4n) is 3.03. The first-order chi connectivity index (χ1) is 10.0. The number of nitrogen functional groups attached to an aromatic ring is 1. The van der Waals surface area contributed by atoms with Crippen molar-refractivity contribution in [2.24, 2.45) is 5.41 Å². The molecule has 0 saturated heterocycles. The first-order valence-corrected chi connectivity index (χ1v) is 7.59. The molecule has 5 nitrogen and oxygen atoms in total. The summed E-state index contributed by atoms with van der Waals surface area (Å²) >= 11 is 0. The minimum Gasteiger partial charge on any atom is -0.486 e. The summed E-state index contributed by atoms with van der Waals surface area (Å²) in [7, 11) is 0. The van der Waals surface area contributed by atoms with Gasteiger partial charge in [-0.05, 0) is 13.3 Å². The highest BCUT2D eigenvalue weighted by Crippen LogP contribution is 2.46. The van der Waals surface area contributed by atoms with Crippen molar-refractivity contribution in [3.05, 3.63) is 12.1 Å². The second-order valence-corrected chi connectivity index (χ2v) is 6.28. The van der Waals surface area contributed by atoms with Gasteiger partial charge in [-0.1, -0.05) is 13.8 Å². The average Bonchev–Trinajstić information content (AvgIpc) is 2.46. The molecule has 2 unspecified atom stereocenters. The average molecular weight is 292 g/mol. The third-order valence-electron chi connectivity index (χ3n) is 4.59. The maximum Gasteiger partial charge on any atom is 0.163 e. The van der Waals surface area contributed by atoms with Gasteiger partial charge in [0.05, 0.1) is 17.5 Å². The van der Waals surface area contributed by atoms with Gasteiger partial charge in [-0.2, -0.15) is 0 Å². The molecule has 1 aromatic rings. The highest BCUT2D eigenvalue weighted by atomic mass is 16.6. The van der Waals surface area contributed by atoms with Crippen molar-refractivity contribution >= 4 is 11.4 Å². The summed E-state index contributed by atoms with van der Waals surface area (Å²) in [6, 6.07) is 4.12. The number of anilines is 2. The predicted octanol–water partition coefficient (Wildman–Crippen LogP) is 2.66. The van der Waals surface area contributed by atoms with Crippen molar-refractivity contribution < 1.29 is 14.2 Å². The second-order valence-electron chi connectivity index (χ2n) is 6.28. The number of rotatable bonds is 4. The van der Waals surface area contributed by atoms with Gasteiger partial charge in [0.2, 0.25) is 0 Å². The summed E-state index contributed by atoms with van der Waals surface area (Å²) < 4.78 is 16.9. The SMILES string of the molecule is CCOC1CC(Nc2cc3c(cc2N)OCCO3)C1(C)C. The lowest BCUT2D eigenvalue weighted by Gasteiger charge is -2.52. The summed E-state index contributed by atoms with van der Waals surface area (Å²) in [4.78, 5) is 0.